The maximum absolute atomic E-state index is 13.2. The minimum Gasteiger partial charge on any atom is -0.394 e. The van der Waals surface area contributed by atoms with Crippen molar-refractivity contribution in [1.29, 1.82) is 0 Å². The molecule has 1 amide bonds. The zero-order chi connectivity index (χ0) is 59.7. The second-order valence-electron chi connectivity index (χ2n) is 22.9. The Labute approximate surface area is 491 Å². The van der Waals surface area contributed by atoms with Crippen molar-refractivity contribution in [1.82, 2.24) is 5.32 Å². The van der Waals surface area contributed by atoms with E-state index in [0.29, 0.717) is 12.8 Å². The summed E-state index contributed by atoms with van der Waals surface area (Å²) in [4.78, 5) is 13.2. The average Bonchev–Trinajstić information content (AvgIpc) is 3.50. The third-order valence-electron chi connectivity index (χ3n) is 15.9. The molecule has 0 aromatic carbocycles. The molecule has 3 aliphatic heterocycles. The average molecular weight is 1170 g/mol. The molecule has 82 heavy (non-hydrogen) atoms. The van der Waals surface area contributed by atoms with Crippen LogP contribution in [0.3, 0.4) is 0 Å². The Hall–Kier alpha value is -2.25. The highest BCUT2D eigenvalue weighted by Crippen LogP contribution is 2.33. The summed E-state index contributed by atoms with van der Waals surface area (Å²) in [6.45, 7) is 1.53. The first kappa shape index (κ1) is 74.0. The molecule has 0 spiro atoms. The van der Waals surface area contributed by atoms with Crippen LogP contribution in [-0.4, -0.2) is 193 Å². The number of rotatable bonds is 47. The van der Waals surface area contributed by atoms with Gasteiger partial charge in [-0.2, -0.15) is 0 Å². The van der Waals surface area contributed by atoms with Crippen LogP contribution in [0.2, 0.25) is 0 Å². The smallest absolute Gasteiger partial charge is 0.220 e. The lowest BCUT2D eigenvalue weighted by Gasteiger charge is -2.48. The quantitative estimate of drug-likeness (QED) is 0.0224. The van der Waals surface area contributed by atoms with Crippen LogP contribution >= 0.6 is 0 Å². The number of aliphatic hydroxyl groups is 11. The molecule has 17 atom stereocenters. The molecular formula is C63H113NO18. The first-order valence-electron chi connectivity index (χ1n) is 31.9. The molecule has 3 saturated heterocycles. The number of allylic oxidation sites excluding steroid dienone is 7. The minimum atomic E-state index is -1.98. The Balaban J connectivity index is 1.27. The lowest BCUT2D eigenvalue weighted by atomic mass is 9.96. The molecular weight excluding hydrogens is 1060 g/mol. The van der Waals surface area contributed by atoms with Crippen LogP contribution in [-0.2, 0) is 33.2 Å². The zero-order valence-electron chi connectivity index (χ0n) is 50.0. The lowest BCUT2D eigenvalue weighted by molar-refractivity contribution is -0.379. The van der Waals surface area contributed by atoms with Gasteiger partial charge in [-0.3, -0.25) is 4.79 Å². The molecule has 3 rings (SSSR count). The number of carbonyl (C=O) groups is 1. The molecule has 3 aliphatic rings. The van der Waals surface area contributed by atoms with Crippen LogP contribution in [0.25, 0.3) is 0 Å². The second kappa shape index (κ2) is 46.0. The third kappa shape index (κ3) is 29.0. The molecule has 0 aromatic rings. The Kier molecular flexibility index (Phi) is 41.5. The van der Waals surface area contributed by atoms with Gasteiger partial charge in [0.05, 0.1) is 38.6 Å². The van der Waals surface area contributed by atoms with Crippen LogP contribution in [0.4, 0.5) is 0 Å². The van der Waals surface area contributed by atoms with Crippen molar-refractivity contribution in [2.24, 2.45) is 0 Å². The molecule has 3 heterocycles. The summed E-state index contributed by atoms with van der Waals surface area (Å²) in [5.41, 5.74) is 0. The van der Waals surface area contributed by atoms with Crippen molar-refractivity contribution < 1.29 is 89.4 Å². The number of carbonyl (C=O) groups excluding carboxylic acids is 1. The van der Waals surface area contributed by atoms with E-state index in [0.717, 1.165) is 44.9 Å². The highest BCUT2D eigenvalue weighted by molar-refractivity contribution is 5.76. The summed E-state index contributed by atoms with van der Waals surface area (Å²) in [5.74, 6) is -0.285. The number of hydrogen-bond acceptors (Lipinski definition) is 18. The van der Waals surface area contributed by atoms with E-state index in [1.165, 1.54) is 135 Å². The van der Waals surface area contributed by atoms with Gasteiger partial charge in [-0.1, -0.05) is 204 Å². The fourth-order valence-electron chi connectivity index (χ4n) is 10.6. The van der Waals surface area contributed by atoms with E-state index >= 15 is 0 Å². The van der Waals surface area contributed by atoms with E-state index in [4.69, 9.17) is 28.4 Å². The zero-order valence-corrected chi connectivity index (χ0v) is 50.0. The first-order chi connectivity index (χ1) is 39.8. The van der Waals surface area contributed by atoms with Gasteiger partial charge in [-0.15, -0.1) is 0 Å². The Morgan fingerprint density at radius 2 is 0.817 bits per heavy atom. The van der Waals surface area contributed by atoms with E-state index in [-0.39, 0.29) is 18.9 Å². The maximum atomic E-state index is 13.2. The van der Waals surface area contributed by atoms with Gasteiger partial charge in [-0.25, -0.2) is 0 Å². The van der Waals surface area contributed by atoms with Crippen molar-refractivity contribution >= 4 is 5.91 Å². The molecule has 0 bridgehead atoms. The fourth-order valence-corrected chi connectivity index (χ4v) is 10.6. The summed E-state index contributed by atoms with van der Waals surface area (Å²) in [5, 5.41) is 119. The van der Waals surface area contributed by atoms with Gasteiger partial charge < -0.3 is 89.9 Å². The van der Waals surface area contributed by atoms with Crippen molar-refractivity contribution in [3.8, 4) is 0 Å². The summed E-state index contributed by atoms with van der Waals surface area (Å²) >= 11 is 0. The molecule has 19 nitrogen and oxygen atoms in total. The lowest BCUT2D eigenvalue weighted by Crippen LogP contribution is -2.66. The predicted molar refractivity (Wildman–Crippen MR) is 314 cm³/mol. The number of aliphatic hydroxyl groups excluding tert-OH is 11. The summed E-state index contributed by atoms with van der Waals surface area (Å²) in [6.07, 6.45) is 26.5. The van der Waals surface area contributed by atoms with Crippen LogP contribution in [0.1, 0.15) is 213 Å². The molecule has 478 valence electrons. The van der Waals surface area contributed by atoms with E-state index in [2.05, 4.69) is 48.7 Å². The van der Waals surface area contributed by atoms with Crippen LogP contribution in [0.15, 0.2) is 48.6 Å². The van der Waals surface area contributed by atoms with Crippen molar-refractivity contribution in [3.63, 3.8) is 0 Å². The number of nitrogens with one attached hydrogen (secondary N) is 1. The maximum Gasteiger partial charge on any atom is 0.220 e. The van der Waals surface area contributed by atoms with Crippen LogP contribution < -0.4 is 5.32 Å². The van der Waals surface area contributed by atoms with Gasteiger partial charge in [0.25, 0.3) is 0 Å². The SMILES string of the molecule is CCCC/C=C/C(O)C(COC1OC(CO)C(OC2OC(CO)C(OC3OC(CO)C(O)C(O)C3O)C(O)C2O)C(O)C1O)NC(=O)CCCCCCCCCCCCCCCCCCCC/C=C\C/C=C\C/C=C\CCCCCCC. The van der Waals surface area contributed by atoms with Gasteiger partial charge in [0, 0.05) is 6.42 Å². The highest BCUT2D eigenvalue weighted by atomic mass is 16.8. The monoisotopic (exact) mass is 1170 g/mol. The number of hydrogen-bond donors (Lipinski definition) is 12. The number of amides is 1. The predicted octanol–water partition coefficient (Wildman–Crippen LogP) is 6.65. The van der Waals surface area contributed by atoms with Gasteiger partial charge in [0.1, 0.15) is 73.2 Å². The topological polar surface area (TPSA) is 307 Å². The van der Waals surface area contributed by atoms with Crippen molar-refractivity contribution in [3.05, 3.63) is 48.6 Å². The van der Waals surface area contributed by atoms with Crippen LogP contribution in [0, 0.1) is 0 Å². The van der Waals surface area contributed by atoms with Crippen molar-refractivity contribution in [2.75, 3.05) is 26.4 Å². The summed E-state index contributed by atoms with van der Waals surface area (Å²) < 4.78 is 34.0. The third-order valence-corrected chi connectivity index (χ3v) is 15.9. The van der Waals surface area contributed by atoms with E-state index in [1.54, 1.807) is 6.08 Å². The largest absolute Gasteiger partial charge is 0.394 e. The fraction of sp³-hybridized carbons (Fsp3) is 0.857. The minimum absolute atomic E-state index is 0.242. The normalized spacial score (nSPS) is 29.9. The molecule has 19 heteroatoms. The first-order valence-corrected chi connectivity index (χ1v) is 31.9. The number of ether oxygens (including phenoxy) is 6. The van der Waals surface area contributed by atoms with E-state index < -0.39 is 124 Å². The van der Waals surface area contributed by atoms with Gasteiger partial charge in [0.15, 0.2) is 18.9 Å². The second-order valence-corrected chi connectivity index (χ2v) is 22.9. The summed E-state index contributed by atoms with van der Waals surface area (Å²) in [6, 6.07) is -0.968. The van der Waals surface area contributed by atoms with Gasteiger partial charge >= 0.3 is 0 Å². The molecule has 0 radical (unpaired) electrons. The molecule has 12 N–H and O–H groups in total. The Morgan fingerprint density at radius 1 is 0.439 bits per heavy atom. The van der Waals surface area contributed by atoms with Crippen molar-refractivity contribution in [2.45, 2.75) is 317 Å². The highest BCUT2D eigenvalue weighted by Gasteiger charge is 2.53. The Bertz CT molecular complexity index is 1680. The van der Waals surface area contributed by atoms with E-state index in [9.17, 15) is 61.0 Å². The number of unbranched alkanes of at least 4 members (excludes halogenated alkanes) is 25. The standard InChI is InChI=1S/C63H113NO18/c1-3-5-7-9-10-11-12-13-14-15-16-17-18-19-20-21-22-23-24-25-26-27-28-29-30-31-32-33-34-35-36-37-39-41-51(69)64-46(47(68)40-38-8-6-4-2)45-77-61-57(75)54(72)59(49(43-66)79-61)82-63-58(76)55(73)60(50(44-67)80-63)81-62-56(74)53(71)52(70)48(42-65)78-62/h12-13,15-16,18-19,38,40,46-50,52-63,65-68,70-76H,3-11,14,17,20-37,39,41-45H2,1-2H3,(H,64,69)/b13-12-,16-15-,19-18-,40-38+. The molecule has 3 fully saturated rings. The van der Waals surface area contributed by atoms with Gasteiger partial charge in [-0.05, 0) is 51.4 Å². The molecule has 0 saturated carbocycles. The van der Waals surface area contributed by atoms with E-state index in [1.807, 2.05) is 13.0 Å². The van der Waals surface area contributed by atoms with Crippen LogP contribution in [0.5, 0.6) is 0 Å². The van der Waals surface area contributed by atoms with Gasteiger partial charge in [0.2, 0.25) is 5.91 Å². The Morgan fingerprint density at radius 3 is 1.28 bits per heavy atom. The molecule has 0 aliphatic carbocycles. The summed E-state index contributed by atoms with van der Waals surface area (Å²) in [7, 11) is 0. The molecule has 0 aromatic heterocycles. The molecule has 17 unspecified atom stereocenters.